The Kier molecular flexibility index (Phi) is 20.2. The van der Waals surface area contributed by atoms with Crippen molar-refractivity contribution in [3.05, 3.63) is 95.3 Å². The van der Waals surface area contributed by atoms with Crippen molar-refractivity contribution in [2.75, 3.05) is 44.9 Å². The van der Waals surface area contributed by atoms with E-state index in [1.165, 1.54) is 13.3 Å². The van der Waals surface area contributed by atoms with Crippen LogP contribution in [-0.4, -0.2) is 114 Å². The fraction of sp³-hybridized carbons (Fsp3) is 0.500. The summed E-state index contributed by atoms with van der Waals surface area (Å²) in [7, 11) is 4.84. The third-order valence-electron chi connectivity index (χ3n) is 14.8. The van der Waals surface area contributed by atoms with Crippen LogP contribution in [0.15, 0.2) is 72.9 Å². The van der Waals surface area contributed by atoms with E-state index in [1.807, 2.05) is 54.6 Å². The van der Waals surface area contributed by atoms with Gasteiger partial charge < -0.3 is 41.1 Å². The number of alkyl halides is 3. The molecule has 2 aromatic carbocycles. The van der Waals surface area contributed by atoms with Gasteiger partial charge in [-0.05, 0) is 101 Å². The molecule has 3 aliphatic rings. The zero-order valence-electron chi connectivity index (χ0n) is 43.7. The number of hydrogen-bond acceptors (Lipinski definition) is 11. The van der Waals surface area contributed by atoms with Gasteiger partial charge in [0.2, 0.25) is 29.5 Å². The van der Waals surface area contributed by atoms with Gasteiger partial charge in [-0.15, -0.1) is 0 Å². The monoisotopic (exact) mass is 1070 g/mol. The molecule has 408 valence electrons. The summed E-state index contributed by atoms with van der Waals surface area (Å²) in [6.45, 7) is 2.60. The molecule has 6 amide bonds. The predicted octanol–water partition coefficient (Wildman–Crippen LogP) is 8.55. The number of carbonyl (C=O) groups is 6. The standard InChI is InChI=1S/C56H70F3N9O7S/c1-35(60-2)50(71)64-49(40-18-9-6-10-19-40)54(74)68-29-12-20-44(68)52(73)66-53-48(39-16-7-5-8-17-39)65-55(76-53)63-46(69)21-13-28-67(3)47(70)31-37-14-11-15-38(30-37)33-62-51(72)43-32-41(45(75-4)34-61-43)25-22-36-23-26-42(27-24-36)56(57,58)59/h5,7-8,11,14-17,22,25,30,32,34-36,40,42,44,49,60H,6,9-10,12-13,18-21,23-24,26-29,31,33H2,1-4H3,(H,62,72)(H,64,71)(H,66,73)(H,63,65,69)/b25-22+/t35?,36?,42?,44-,49?/m0/s1. The summed E-state index contributed by atoms with van der Waals surface area (Å²) in [5, 5.41) is 15.4. The number of allylic oxidation sites excluding steroid dienone is 1. The molecule has 3 heterocycles. The molecule has 1 saturated heterocycles. The molecule has 1 aliphatic heterocycles. The Morgan fingerprint density at radius 1 is 0.908 bits per heavy atom. The number of halogens is 3. The summed E-state index contributed by atoms with van der Waals surface area (Å²) in [5.74, 6) is -2.66. The van der Waals surface area contributed by atoms with Gasteiger partial charge in [-0.2, -0.15) is 13.2 Å². The van der Waals surface area contributed by atoms with E-state index in [2.05, 4.69) is 31.6 Å². The minimum atomic E-state index is -4.18. The number of thiazole rings is 1. The molecule has 3 atom stereocenters. The number of aromatic nitrogens is 2. The minimum Gasteiger partial charge on any atom is -0.495 e. The lowest BCUT2D eigenvalue weighted by atomic mass is 9.81. The summed E-state index contributed by atoms with van der Waals surface area (Å²) in [6.07, 6.45) is 8.26. The predicted molar refractivity (Wildman–Crippen MR) is 286 cm³/mol. The second-order valence-corrected chi connectivity index (χ2v) is 21.1. The lowest BCUT2D eigenvalue weighted by Crippen LogP contribution is -2.57. The number of rotatable bonds is 21. The zero-order valence-corrected chi connectivity index (χ0v) is 44.5. The van der Waals surface area contributed by atoms with Crippen LogP contribution in [0, 0.1) is 17.8 Å². The highest BCUT2D eigenvalue weighted by Gasteiger charge is 2.42. The van der Waals surface area contributed by atoms with Crippen LogP contribution >= 0.6 is 11.3 Å². The molecule has 20 heteroatoms. The fourth-order valence-electron chi connectivity index (χ4n) is 10.2. The van der Waals surface area contributed by atoms with Crippen molar-refractivity contribution in [3.63, 3.8) is 0 Å². The van der Waals surface area contributed by atoms with Crippen molar-refractivity contribution in [2.45, 2.75) is 128 Å². The fourth-order valence-corrected chi connectivity index (χ4v) is 11.1. The molecule has 2 aromatic heterocycles. The first kappa shape index (κ1) is 57.0. The maximum absolute atomic E-state index is 14.3. The number of anilines is 2. The minimum absolute atomic E-state index is 0.0125. The van der Waals surface area contributed by atoms with Crippen molar-refractivity contribution >= 4 is 63.0 Å². The van der Waals surface area contributed by atoms with Crippen LogP contribution in [0.4, 0.5) is 23.3 Å². The van der Waals surface area contributed by atoms with Gasteiger partial charge in [0.15, 0.2) is 5.13 Å². The van der Waals surface area contributed by atoms with Crippen LogP contribution in [0.1, 0.15) is 118 Å². The topological polar surface area (TPSA) is 204 Å². The van der Waals surface area contributed by atoms with Gasteiger partial charge in [-0.25, -0.2) is 9.97 Å². The van der Waals surface area contributed by atoms with Crippen LogP contribution in [0.5, 0.6) is 5.75 Å². The molecule has 2 saturated carbocycles. The molecule has 76 heavy (non-hydrogen) atoms. The SMILES string of the molecule is CNC(C)C(=O)NC(C(=O)N1CCC[C@H]1C(=O)Nc1sc(NC(=O)CCCN(C)C(=O)Cc2cccc(CNC(=O)c3cc(/C=C/C4CCC(C(F)(F)F)CC4)c(OC)cn3)c2)nc1-c1ccccc1)C1CCCCC1. The number of amides is 6. The number of nitrogens with one attached hydrogen (secondary N) is 5. The summed E-state index contributed by atoms with van der Waals surface area (Å²) in [5.41, 5.74) is 3.42. The molecule has 7 rings (SSSR count). The third kappa shape index (κ3) is 15.5. The highest BCUT2D eigenvalue weighted by Crippen LogP contribution is 2.41. The van der Waals surface area contributed by atoms with E-state index >= 15 is 0 Å². The van der Waals surface area contributed by atoms with E-state index in [1.54, 1.807) is 49.0 Å². The molecule has 4 aromatic rings. The van der Waals surface area contributed by atoms with E-state index in [0.717, 1.165) is 60.1 Å². The third-order valence-corrected chi connectivity index (χ3v) is 15.6. The molecule has 0 radical (unpaired) electrons. The van der Waals surface area contributed by atoms with Crippen LogP contribution in [0.25, 0.3) is 17.3 Å². The van der Waals surface area contributed by atoms with Gasteiger partial charge in [0.05, 0.1) is 31.7 Å². The van der Waals surface area contributed by atoms with Crippen molar-refractivity contribution < 1.29 is 46.7 Å². The highest BCUT2D eigenvalue weighted by molar-refractivity contribution is 7.20. The number of likely N-dealkylation sites (tertiary alicyclic amines) is 1. The lowest BCUT2D eigenvalue weighted by molar-refractivity contribution is -0.183. The molecule has 2 aliphatic carbocycles. The first-order valence-electron chi connectivity index (χ1n) is 26.3. The first-order chi connectivity index (χ1) is 36.5. The molecular formula is C56H70F3N9O7S. The maximum Gasteiger partial charge on any atom is 0.391 e. The van der Waals surface area contributed by atoms with Crippen molar-refractivity contribution in [1.82, 2.24) is 35.7 Å². The second-order valence-electron chi connectivity index (χ2n) is 20.1. The smallest absolute Gasteiger partial charge is 0.391 e. The number of benzene rings is 2. The van der Waals surface area contributed by atoms with Gasteiger partial charge in [-0.3, -0.25) is 28.8 Å². The number of likely N-dealkylation sites (N-methyl/N-ethyl adjacent to an activating group) is 2. The summed E-state index contributed by atoms with van der Waals surface area (Å²) >= 11 is 1.12. The number of ether oxygens (including phenoxy) is 1. The van der Waals surface area contributed by atoms with Crippen LogP contribution in [-0.2, 0) is 36.9 Å². The molecule has 0 spiro atoms. The Morgan fingerprint density at radius 2 is 1.64 bits per heavy atom. The molecule has 2 unspecified atom stereocenters. The summed E-state index contributed by atoms with van der Waals surface area (Å²) in [6, 6.07) is 16.2. The number of carbonyl (C=O) groups excluding carboxylic acids is 6. The lowest BCUT2D eigenvalue weighted by Gasteiger charge is -2.35. The molecule has 0 bridgehead atoms. The maximum atomic E-state index is 14.3. The Bertz CT molecular complexity index is 2690. The van der Waals surface area contributed by atoms with Crippen molar-refractivity contribution in [2.24, 2.45) is 17.8 Å². The zero-order chi connectivity index (χ0) is 54.4. The quantitative estimate of drug-likeness (QED) is 0.0538. The van der Waals surface area contributed by atoms with E-state index in [9.17, 15) is 41.9 Å². The number of methoxy groups -OCH3 is 1. The largest absolute Gasteiger partial charge is 0.495 e. The van der Waals surface area contributed by atoms with Gasteiger partial charge in [-0.1, -0.05) is 97.3 Å². The van der Waals surface area contributed by atoms with E-state index in [4.69, 9.17) is 9.72 Å². The van der Waals surface area contributed by atoms with Gasteiger partial charge in [0.25, 0.3) is 5.91 Å². The van der Waals surface area contributed by atoms with E-state index in [-0.39, 0.29) is 84.4 Å². The molecular weight excluding hydrogens is 1000 g/mol. The second kappa shape index (κ2) is 26.9. The summed E-state index contributed by atoms with van der Waals surface area (Å²) in [4.78, 5) is 93.5. The number of pyridine rings is 1. The van der Waals surface area contributed by atoms with Gasteiger partial charge in [0.1, 0.15) is 34.2 Å². The van der Waals surface area contributed by atoms with Gasteiger partial charge >= 0.3 is 6.18 Å². The van der Waals surface area contributed by atoms with Crippen LogP contribution in [0.2, 0.25) is 0 Å². The van der Waals surface area contributed by atoms with E-state index < -0.39 is 36.1 Å². The average Bonchev–Trinajstić information content (AvgIpc) is 4.09. The Labute approximate surface area is 446 Å². The molecule has 16 nitrogen and oxygen atoms in total. The number of hydrogen-bond donors (Lipinski definition) is 5. The van der Waals surface area contributed by atoms with Crippen molar-refractivity contribution in [1.29, 1.82) is 0 Å². The number of nitrogens with zero attached hydrogens (tertiary/aromatic N) is 4. The van der Waals surface area contributed by atoms with Gasteiger partial charge in [0, 0.05) is 44.2 Å². The normalized spacial score (nSPS) is 18.9. The molecule has 5 N–H and O–H groups in total. The Hall–Kier alpha value is -6.67. The summed E-state index contributed by atoms with van der Waals surface area (Å²) < 4.78 is 44.9. The van der Waals surface area contributed by atoms with E-state index in [0.29, 0.717) is 67.2 Å². The van der Waals surface area contributed by atoms with Crippen LogP contribution in [0.3, 0.4) is 0 Å². The molecule has 3 fully saturated rings. The Morgan fingerprint density at radius 3 is 2.36 bits per heavy atom. The highest BCUT2D eigenvalue weighted by atomic mass is 32.1. The first-order valence-corrected chi connectivity index (χ1v) is 27.2. The van der Waals surface area contributed by atoms with Crippen molar-refractivity contribution in [3.8, 4) is 17.0 Å². The Balaban J connectivity index is 0.893. The average molecular weight is 1070 g/mol. The van der Waals surface area contributed by atoms with Crippen LogP contribution < -0.4 is 31.3 Å².